The smallest absolute Gasteiger partial charge is 0.237 e. The molecule has 1 aromatic carbocycles. The highest BCUT2D eigenvalue weighted by Crippen LogP contribution is 2.36. The number of nitriles is 1. The molecule has 0 saturated heterocycles. The van der Waals surface area contributed by atoms with E-state index in [4.69, 9.17) is 10.00 Å². The molecule has 2 N–H and O–H groups in total. The molecule has 1 aliphatic carbocycles. The molecule has 7 heteroatoms. The lowest BCUT2D eigenvalue weighted by Gasteiger charge is -2.33. The summed E-state index contributed by atoms with van der Waals surface area (Å²) in [6.45, 7) is 1.63. The van der Waals surface area contributed by atoms with Crippen LogP contribution in [0.4, 0.5) is 5.69 Å². The van der Waals surface area contributed by atoms with Gasteiger partial charge in [-0.05, 0) is 49.1 Å². The van der Waals surface area contributed by atoms with Crippen molar-refractivity contribution in [3.05, 3.63) is 60.0 Å². The monoisotopic (exact) mass is 428 g/mol. The van der Waals surface area contributed by atoms with Crippen LogP contribution in [0.1, 0.15) is 30.4 Å². The Morgan fingerprint density at radius 2 is 2.09 bits per heavy atom. The number of hydrogen-bond donors (Lipinski definition) is 2. The SMILES string of the molecule is Cn1cc(-c2cnc3c(c2)NC[C@H](C(CC2CC2)NCCc2ccc(C#N)cc2)O3)cn1. The number of hydrogen-bond acceptors (Lipinski definition) is 6. The van der Waals surface area contributed by atoms with E-state index < -0.39 is 0 Å². The number of pyridine rings is 1. The predicted molar refractivity (Wildman–Crippen MR) is 123 cm³/mol. The fraction of sp³-hybridized carbons (Fsp3) is 0.400. The quantitative estimate of drug-likeness (QED) is 0.571. The fourth-order valence-corrected chi connectivity index (χ4v) is 4.25. The maximum Gasteiger partial charge on any atom is 0.237 e. The second-order valence-corrected chi connectivity index (χ2v) is 8.82. The number of anilines is 1. The van der Waals surface area contributed by atoms with E-state index >= 15 is 0 Å². The summed E-state index contributed by atoms with van der Waals surface area (Å²) in [5, 5.41) is 20.5. The molecule has 2 aliphatic rings. The lowest BCUT2D eigenvalue weighted by Crippen LogP contribution is -2.49. The highest BCUT2D eigenvalue weighted by Gasteiger charge is 2.33. The van der Waals surface area contributed by atoms with Crippen LogP contribution in [0.3, 0.4) is 0 Å². The third kappa shape index (κ3) is 4.76. The molecular weight excluding hydrogens is 400 g/mol. The highest BCUT2D eigenvalue weighted by atomic mass is 16.5. The second kappa shape index (κ2) is 9.01. The van der Waals surface area contributed by atoms with Crippen molar-refractivity contribution in [3.8, 4) is 23.1 Å². The van der Waals surface area contributed by atoms with Gasteiger partial charge in [-0.15, -0.1) is 0 Å². The van der Waals surface area contributed by atoms with Gasteiger partial charge >= 0.3 is 0 Å². The second-order valence-electron chi connectivity index (χ2n) is 8.82. The van der Waals surface area contributed by atoms with Crippen LogP contribution >= 0.6 is 0 Å². The van der Waals surface area contributed by atoms with Crippen LogP contribution in [-0.2, 0) is 13.5 Å². The minimum Gasteiger partial charge on any atom is -0.469 e. The minimum atomic E-state index is 0.0424. The zero-order valence-corrected chi connectivity index (χ0v) is 18.3. The maximum atomic E-state index is 8.96. The summed E-state index contributed by atoms with van der Waals surface area (Å²) >= 11 is 0. The van der Waals surface area contributed by atoms with Crippen molar-refractivity contribution in [3.63, 3.8) is 0 Å². The Morgan fingerprint density at radius 3 is 2.81 bits per heavy atom. The molecule has 1 fully saturated rings. The lowest BCUT2D eigenvalue weighted by molar-refractivity contribution is 0.142. The third-order valence-electron chi connectivity index (χ3n) is 6.28. The van der Waals surface area contributed by atoms with Crippen molar-refractivity contribution in [2.75, 3.05) is 18.4 Å². The lowest BCUT2D eigenvalue weighted by atomic mass is 10.0. The first-order chi connectivity index (χ1) is 15.7. The Hall–Kier alpha value is -3.37. The van der Waals surface area contributed by atoms with Crippen LogP contribution in [0, 0.1) is 17.2 Å². The van der Waals surface area contributed by atoms with Gasteiger partial charge in [0.25, 0.3) is 0 Å². The van der Waals surface area contributed by atoms with E-state index in [1.807, 2.05) is 49.9 Å². The molecule has 7 nitrogen and oxygen atoms in total. The van der Waals surface area contributed by atoms with Crippen LogP contribution in [0.15, 0.2) is 48.9 Å². The van der Waals surface area contributed by atoms with Gasteiger partial charge in [-0.1, -0.05) is 25.0 Å². The van der Waals surface area contributed by atoms with Gasteiger partial charge in [-0.25, -0.2) is 4.98 Å². The summed E-state index contributed by atoms with van der Waals surface area (Å²) in [5.74, 6) is 1.47. The van der Waals surface area contributed by atoms with Gasteiger partial charge in [-0.3, -0.25) is 4.68 Å². The number of nitrogens with one attached hydrogen (secondary N) is 2. The Kier molecular flexibility index (Phi) is 5.78. The molecule has 32 heavy (non-hydrogen) atoms. The molecule has 164 valence electrons. The Balaban J connectivity index is 1.23. The Labute approximate surface area is 188 Å². The molecule has 5 rings (SSSR count). The Morgan fingerprint density at radius 1 is 1.25 bits per heavy atom. The third-order valence-corrected chi connectivity index (χ3v) is 6.28. The van der Waals surface area contributed by atoms with E-state index in [0.29, 0.717) is 11.4 Å². The van der Waals surface area contributed by atoms with E-state index in [0.717, 1.165) is 48.7 Å². The highest BCUT2D eigenvalue weighted by molar-refractivity contribution is 5.69. The standard InChI is InChI=1S/C25H28N6O/c1-31-16-21(14-30-31)20-11-23-25(29-13-20)32-24(15-28-23)22(10-18-4-5-18)27-9-8-17-2-6-19(12-26)7-3-17/h2-3,6-7,11,13-14,16,18,22,24,27-28H,4-5,8-10,15H2,1H3/t22?,24-/m1/s1. The van der Waals surface area contributed by atoms with Gasteiger partial charge in [0.2, 0.25) is 5.88 Å². The van der Waals surface area contributed by atoms with E-state index in [9.17, 15) is 0 Å². The van der Waals surface area contributed by atoms with Gasteiger partial charge in [0.05, 0.1) is 30.1 Å². The van der Waals surface area contributed by atoms with Crippen molar-refractivity contribution >= 4 is 5.69 Å². The number of benzene rings is 1. The normalized spacial score (nSPS) is 18.2. The largest absolute Gasteiger partial charge is 0.469 e. The van der Waals surface area contributed by atoms with E-state index in [-0.39, 0.29) is 12.1 Å². The molecule has 0 amide bonds. The summed E-state index contributed by atoms with van der Waals surface area (Å²) in [5.41, 5.74) is 4.95. The van der Waals surface area contributed by atoms with Crippen LogP contribution in [0.25, 0.3) is 11.1 Å². The van der Waals surface area contributed by atoms with Crippen LogP contribution < -0.4 is 15.4 Å². The van der Waals surface area contributed by atoms with Crippen molar-refractivity contribution in [2.45, 2.75) is 37.8 Å². The zero-order chi connectivity index (χ0) is 21.9. The molecule has 1 saturated carbocycles. The van der Waals surface area contributed by atoms with Gasteiger partial charge in [0, 0.05) is 36.6 Å². The van der Waals surface area contributed by atoms with Crippen LogP contribution in [-0.4, -0.2) is 40.0 Å². The summed E-state index contributed by atoms with van der Waals surface area (Å²) in [7, 11) is 1.91. The van der Waals surface area contributed by atoms with Crippen LogP contribution in [0.2, 0.25) is 0 Å². The first kappa shape index (κ1) is 20.5. The average Bonchev–Trinajstić information content (AvgIpc) is 3.55. The van der Waals surface area contributed by atoms with Crippen molar-refractivity contribution in [2.24, 2.45) is 13.0 Å². The number of fused-ring (bicyclic) bond motifs is 1. The molecular formula is C25H28N6O. The molecule has 1 aliphatic heterocycles. The summed E-state index contributed by atoms with van der Waals surface area (Å²) < 4.78 is 8.15. The van der Waals surface area contributed by atoms with Crippen molar-refractivity contribution in [1.29, 1.82) is 5.26 Å². The van der Waals surface area contributed by atoms with Crippen LogP contribution in [0.5, 0.6) is 5.88 Å². The zero-order valence-electron chi connectivity index (χ0n) is 18.3. The molecule has 0 radical (unpaired) electrons. The molecule has 3 aromatic rings. The van der Waals surface area contributed by atoms with Gasteiger partial charge < -0.3 is 15.4 Å². The molecule has 1 unspecified atom stereocenters. The van der Waals surface area contributed by atoms with E-state index in [2.05, 4.69) is 32.9 Å². The van der Waals surface area contributed by atoms with E-state index in [1.165, 1.54) is 18.4 Å². The van der Waals surface area contributed by atoms with E-state index in [1.54, 1.807) is 4.68 Å². The topological polar surface area (TPSA) is 87.8 Å². The number of aryl methyl sites for hydroxylation is 1. The predicted octanol–water partition coefficient (Wildman–Crippen LogP) is 3.53. The number of nitrogens with zero attached hydrogens (tertiary/aromatic N) is 4. The molecule has 3 heterocycles. The van der Waals surface area contributed by atoms with Gasteiger partial charge in [-0.2, -0.15) is 10.4 Å². The van der Waals surface area contributed by atoms with Gasteiger partial charge in [0.1, 0.15) is 6.10 Å². The first-order valence-corrected chi connectivity index (χ1v) is 11.3. The first-order valence-electron chi connectivity index (χ1n) is 11.3. The minimum absolute atomic E-state index is 0.0424. The summed E-state index contributed by atoms with van der Waals surface area (Å²) in [6.07, 6.45) is 10.4. The average molecular weight is 429 g/mol. The number of rotatable bonds is 8. The fourth-order valence-electron chi connectivity index (χ4n) is 4.25. The number of aromatic nitrogens is 3. The van der Waals surface area contributed by atoms with Gasteiger partial charge in [0.15, 0.2) is 0 Å². The van der Waals surface area contributed by atoms with Crippen molar-refractivity contribution in [1.82, 2.24) is 20.1 Å². The Bertz CT molecular complexity index is 1110. The molecule has 2 aromatic heterocycles. The molecule has 0 spiro atoms. The number of ether oxygens (including phenoxy) is 1. The van der Waals surface area contributed by atoms with Crippen molar-refractivity contribution < 1.29 is 4.74 Å². The molecule has 2 atom stereocenters. The molecule has 0 bridgehead atoms. The maximum absolute atomic E-state index is 8.96. The summed E-state index contributed by atoms with van der Waals surface area (Å²) in [4.78, 5) is 4.60. The summed E-state index contributed by atoms with van der Waals surface area (Å²) in [6, 6.07) is 12.4.